The highest BCUT2D eigenvalue weighted by atomic mass is 16.7. The first-order valence-corrected chi connectivity index (χ1v) is 8.54. The van der Waals surface area contributed by atoms with E-state index in [1.54, 1.807) is 14.2 Å². The second-order valence-electron chi connectivity index (χ2n) is 6.37. The number of ether oxygens (including phenoxy) is 4. The Morgan fingerprint density at radius 2 is 1.65 bits per heavy atom. The molecule has 0 unspecified atom stereocenters. The van der Waals surface area contributed by atoms with Crippen LogP contribution >= 0.6 is 0 Å². The Kier molecular flexibility index (Phi) is 3.31. The van der Waals surface area contributed by atoms with Gasteiger partial charge in [-0.25, -0.2) is 0 Å². The minimum Gasteiger partial charge on any atom is -0.493 e. The fraction of sp³-hybridized carbons (Fsp3) is 0.250. The zero-order valence-electron chi connectivity index (χ0n) is 14.7. The second kappa shape index (κ2) is 5.69. The minimum atomic E-state index is 0.271. The molecule has 0 spiro atoms. The Morgan fingerprint density at radius 1 is 0.923 bits per heavy atom. The van der Waals surface area contributed by atoms with E-state index in [-0.39, 0.29) is 6.79 Å². The molecule has 0 saturated heterocycles. The topological polar surface area (TPSA) is 52.8 Å². The molecular formula is C20H19N2O4+. The summed E-state index contributed by atoms with van der Waals surface area (Å²) in [6.07, 6.45) is 2.16. The number of methoxy groups -OCH3 is 2. The zero-order chi connectivity index (χ0) is 17.7. The summed E-state index contributed by atoms with van der Waals surface area (Å²) in [6.45, 7) is 1.97. The molecule has 3 heterocycles. The predicted molar refractivity (Wildman–Crippen MR) is 97.3 cm³/mol. The fourth-order valence-electron chi connectivity index (χ4n) is 3.64. The summed E-state index contributed by atoms with van der Waals surface area (Å²) >= 11 is 0. The third kappa shape index (κ3) is 2.22. The van der Waals surface area contributed by atoms with E-state index in [4.69, 9.17) is 18.9 Å². The van der Waals surface area contributed by atoms with Crippen molar-refractivity contribution in [3.63, 3.8) is 0 Å². The Hall–Kier alpha value is -3.15. The van der Waals surface area contributed by atoms with Crippen LogP contribution in [0, 0.1) is 0 Å². The zero-order valence-corrected chi connectivity index (χ0v) is 14.7. The maximum Gasteiger partial charge on any atom is 0.231 e. The third-order valence-electron chi connectivity index (χ3n) is 4.94. The molecule has 0 aliphatic carbocycles. The van der Waals surface area contributed by atoms with E-state index in [1.165, 1.54) is 0 Å². The van der Waals surface area contributed by atoms with Gasteiger partial charge in [0.05, 0.1) is 32.0 Å². The number of aromatic nitrogens is 1. The summed E-state index contributed by atoms with van der Waals surface area (Å²) in [7, 11) is 3.31. The highest BCUT2D eigenvalue weighted by Crippen LogP contribution is 2.42. The molecule has 1 N–H and O–H groups in total. The molecule has 0 bridgehead atoms. The molecule has 132 valence electrons. The van der Waals surface area contributed by atoms with Crippen LogP contribution in [0.3, 0.4) is 0 Å². The minimum absolute atomic E-state index is 0.271. The van der Waals surface area contributed by atoms with E-state index < -0.39 is 0 Å². The van der Waals surface area contributed by atoms with Gasteiger partial charge in [-0.15, -0.1) is 0 Å². The number of rotatable bonds is 2. The molecule has 1 aromatic heterocycles. The Bertz CT molecular complexity index is 1030. The normalized spacial score (nSPS) is 14.2. The average Bonchev–Trinajstić information content (AvgIpc) is 3.05. The fourth-order valence-corrected chi connectivity index (χ4v) is 3.64. The molecule has 26 heavy (non-hydrogen) atoms. The van der Waals surface area contributed by atoms with Crippen LogP contribution in [0.15, 0.2) is 36.5 Å². The standard InChI is InChI=1S/C20H18N2O4/c1-23-17-6-12-5-16-14-8-19-20(26-11-25-19)9-15(14)21-3-4-22(16)10-13(12)7-18(17)24-2/h5-10H,3-4,11H2,1-2H3/p+1. The molecule has 3 aromatic rings. The van der Waals surface area contributed by atoms with Crippen LogP contribution in [0.4, 0.5) is 5.69 Å². The van der Waals surface area contributed by atoms with Crippen LogP contribution in [0.5, 0.6) is 23.0 Å². The van der Waals surface area contributed by atoms with Crippen LogP contribution in [-0.2, 0) is 6.54 Å². The van der Waals surface area contributed by atoms with Gasteiger partial charge in [0.15, 0.2) is 35.7 Å². The molecule has 0 fully saturated rings. The van der Waals surface area contributed by atoms with Crippen molar-refractivity contribution in [1.82, 2.24) is 0 Å². The lowest BCUT2D eigenvalue weighted by Gasteiger charge is -2.10. The van der Waals surface area contributed by atoms with Crippen LogP contribution < -0.4 is 28.8 Å². The molecular weight excluding hydrogens is 332 g/mol. The van der Waals surface area contributed by atoms with Gasteiger partial charge in [0.2, 0.25) is 12.5 Å². The SMILES string of the molecule is COc1cc2cc3[n+](cc2cc1OC)CCNc1cc2c(cc1-3)OCO2. The second-order valence-corrected chi connectivity index (χ2v) is 6.37. The smallest absolute Gasteiger partial charge is 0.231 e. The van der Waals surface area contributed by atoms with Crippen molar-refractivity contribution in [3.05, 3.63) is 36.5 Å². The molecule has 6 nitrogen and oxygen atoms in total. The van der Waals surface area contributed by atoms with E-state index in [2.05, 4.69) is 28.2 Å². The number of benzene rings is 2. The number of anilines is 1. The van der Waals surface area contributed by atoms with Gasteiger partial charge in [-0.2, -0.15) is 4.57 Å². The lowest BCUT2D eigenvalue weighted by molar-refractivity contribution is -0.681. The molecule has 5 rings (SSSR count). The average molecular weight is 351 g/mol. The Balaban J connectivity index is 1.75. The number of nitrogens with zero attached hydrogens (tertiary/aromatic N) is 1. The largest absolute Gasteiger partial charge is 0.493 e. The Labute approximate surface area is 150 Å². The number of fused-ring (bicyclic) bond motifs is 5. The quantitative estimate of drug-likeness (QED) is 0.720. The number of pyridine rings is 1. The van der Waals surface area contributed by atoms with E-state index in [0.29, 0.717) is 0 Å². The first-order chi connectivity index (χ1) is 12.8. The van der Waals surface area contributed by atoms with Gasteiger partial charge in [-0.3, -0.25) is 0 Å². The third-order valence-corrected chi connectivity index (χ3v) is 4.94. The number of hydrogen-bond acceptors (Lipinski definition) is 5. The summed E-state index contributed by atoms with van der Waals surface area (Å²) < 4.78 is 24.3. The van der Waals surface area contributed by atoms with Crippen molar-refractivity contribution >= 4 is 16.5 Å². The van der Waals surface area contributed by atoms with Gasteiger partial charge >= 0.3 is 0 Å². The molecule has 0 saturated carbocycles. The van der Waals surface area contributed by atoms with Crippen LogP contribution in [0.1, 0.15) is 0 Å². The summed E-state index contributed by atoms with van der Waals surface area (Å²) in [5.74, 6) is 3.03. The lowest BCUT2D eigenvalue weighted by atomic mass is 10.0. The summed E-state index contributed by atoms with van der Waals surface area (Å²) in [5, 5.41) is 5.70. The van der Waals surface area contributed by atoms with E-state index in [0.717, 1.165) is 63.8 Å². The lowest BCUT2D eigenvalue weighted by Crippen LogP contribution is -2.37. The predicted octanol–water partition coefficient (Wildman–Crippen LogP) is 2.97. The first-order valence-electron chi connectivity index (χ1n) is 8.54. The number of nitrogens with one attached hydrogen (secondary N) is 1. The van der Waals surface area contributed by atoms with Crippen molar-refractivity contribution in [1.29, 1.82) is 0 Å². The van der Waals surface area contributed by atoms with E-state index >= 15 is 0 Å². The van der Waals surface area contributed by atoms with E-state index in [9.17, 15) is 0 Å². The van der Waals surface area contributed by atoms with Crippen LogP contribution in [0.25, 0.3) is 22.0 Å². The summed E-state index contributed by atoms with van der Waals surface area (Å²) in [6, 6.07) is 10.3. The molecule has 2 aromatic carbocycles. The maximum atomic E-state index is 5.58. The molecule has 6 heteroatoms. The van der Waals surface area contributed by atoms with Crippen molar-refractivity contribution in [2.75, 3.05) is 32.9 Å². The van der Waals surface area contributed by atoms with Crippen molar-refractivity contribution < 1.29 is 23.5 Å². The highest BCUT2D eigenvalue weighted by Gasteiger charge is 2.26. The van der Waals surface area contributed by atoms with Crippen LogP contribution in [-0.4, -0.2) is 27.6 Å². The highest BCUT2D eigenvalue weighted by molar-refractivity contribution is 5.89. The van der Waals surface area contributed by atoms with Gasteiger partial charge in [0.1, 0.15) is 0 Å². The van der Waals surface area contributed by atoms with Gasteiger partial charge in [-0.1, -0.05) is 0 Å². The molecule has 2 aliphatic rings. The summed E-state index contributed by atoms with van der Waals surface area (Å²) in [4.78, 5) is 0. The van der Waals surface area contributed by atoms with Gasteiger partial charge in [-0.05, 0) is 17.5 Å². The van der Waals surface area contributed by atoms with E-state index in [1.807, 2.05) is 18.2 Å². The molecule has 0 atom stereocenters. The van der Waals surface area contributed by atoms with Gasteiger partial charge < -0.3 is 24.3 Å². The van der Waals surface area contributed by atoms with Crippen molar-refractivity contribution in [3.8, 4) is 34.3 Å². The molecule has 0 radical (unpaired) electrons. The number of hydrogen-bond donors (Lipinski definition) is 1. The van der Waals surface area contributed by atoms with Gasteiger partial charge in [0, 0.05) is 23.6 Å². The first kappa shape index (κ1) is 15.1. The van der Waals surface area contributed by atoms with Crippen molar-refractivity contribution in [2.45, 2.75) is 6.54 Å². The van der Waals surface area contributed by atoms with Crippen molar-refractivity contribution in [2.24, 2.45) is 0 Å². The summed E-state index contributed by atoms with van der Waals surface area (Å²) in [5.41, 5.74) is 3.28. The molecule has 0 amide bonds. The Morgan fingerprint density at radius 3 is 2.42 bits per heavy atom. The van der Waals surface area contributed by atoms with Gasteiger partial charge in [0.25, 0.3) is 0 Å². The molecule has 2 aliphatic heterocycles. The van der Waals surface area contributed by atoms with Crippen LogP contribution in [0.2, 0.25) is 0 Å². The monoisotopic (exact) mass is 351 g/mol. The maximum absolute atomic E-state index is 5.58.